The molecule has 0 spiro atoms. The fraction of sp³-hybridized carbons (Fsp3) is 0.857. The smallest absolute Gasteiger partial charge is 0.329 e. The van der Waals surface area contributed by atoms with Gasteiger partial charge in [-0.1, -0.05) is 19.8 Å². The summed E-state index contributed by atoms with van der Waals surface area (Å²) in [7, 11) is 0. The second-order valence-corrected chi connectivity index (χ2v) is 6.12. The van der Waals surface area contributed by atoms with E-state index < -0.39 is 23.6 Å². The largest absolute Gasteiger partial charge is 0.480 e. The molecule has 7 heteroatoms. The number of ether oxygens (including phenoxy) is 1. The molecule has 1 heterocycles. The topological polar surface area (TPSA) is 99.1 Å². The van der Waals surface area contributed by atoms with Crippen LogP contribution >= 0.6 is 0 Å². The number of urea groups is 1. The van der Waals surface area contributed by atoms with E-state index in [4.69, 9.17) is 4.74 Å². The molecule has 1 saturated carbocycles. The minimum Gasteiger partial charge on any atom is -0.480 e. The first-order valence-corrected chi connectivity index (χ1v) is 7.49. The van der Waals surface area contributed by atoms with E-state index in [-0.39, 0.29) is 19.1 Å². The van der Waals surface area contributed by atoms with Gasteiger partial charge in [-0.05, 0) is 18.8 Å². The van der Waals surface area contributed by atoms with Crippen LogP contribution in [-0.2, 0) is 9.53 Å². The highest BCUT2D eigenvalue weighted by atomic mass is 16.5. The van der Waals surface area contributed by atoms with Gasteiger partial charge in [-0.25, -0.2) is 9.59 Å². The van der Waals surface area contributed by atoms with Crippen molar-refractivity contribution < 1.29 is 24.5 Å². The Morgan fingerprint density at radius 2 is 2.24 bits per heavy atom. The Labute approximate surface area is 124 Å². The van der Waals surface area contributed by atoms with Crippen LogP contribution < -0.4 is 5.32 Å². The van der Waals surface area contributed by atoms with Gasteiger partial charge in [0.1, 0.15) is 5.54 Å². The van der Waals surface area contributed by atoms with Gasteiger partial charge in [0.25, 0.3) is 0 Å². The van der Waals surface area contributed by atoms with Crippen LogP contribution in [0.5, 0.6) is 0 Å². The predicted molar refractivity (Wildman–Crippen MR) is 74.9 cm³/mol. The highest BCUT2D eigenvalue weighted by molar-refractivity contribution is 5.86. The van der Waals surface area contributed by atoms with Gasteiger partial charge in [0.05, 0.1) is 25.9 Å². The molecule has 0 aromatic heterocycles. The molecular weight excluding hydrogens is 276 g/mol. The van der Waals surface area contributed by atoms with Crippen LogP contribution in [0, 0.1) is 5.92 Å². The van der Waals surface area contributed by atoms with E-state index >= 15 is 0 Å². The Morgan fingerprint density at radius 1 is 1.48 bits per heavy atom. The van der Waals surface area contributed by atoms with Crippen molar-refractivity contribution in [2.75, 3.05) is 26.4 Å². The summed E-state index contributed by atoms with van der Waals surface area (Å²) in [5.41, 5.74) is -1.19. The molecule has 7 nitrogen and oxygen atoms in total. The van der Waals surface area contributed by atoms with Gasteiger partial charge in [0.2, 0.25) is 0 Å². The number of carbonyl (C=O) groups is 2. The molecule has 1 saturated heterocycles. The molecule has 1 aliphatic heterocycles. The lowest BCUT2D eigenvalue weighted by Gasteiger charge is -2.41. The van der Waals surface area contributed by atoms with Crippen LogP contribution in [-0.4, -0.2) is 65.1 Å². The summed E-state index contributed by atoms with van der Waals surface area (Å²) < 4.78 is 5.24. The molecule has 3 unspecified atom stereocenters. The Bertz CT molecular complexity index is 403. The van der Waals surface area contributed by atoms with Gasteiger partial charge in [-0.2, -0.15) is 0 Å². The lowest BCUT2D eigenvalue weighted by Crippen LogP contribution is -2.63. The van der Waals surface area contributed by atoms with Crippen molar-refractivity contribution in [1.82, 2.24) is 10.2 Å². The molecule has 0 bridgehead atoms. The van der Waals surface area contributed by atoms with Gasteiger partial charge in [-0.3, -0.25) is 0 Å². The Kier molecular flexibility index (Phi) is 5.05. The van der Waals surface area contributed by atoms with E-state index in [1.54, 1.807) is 0 Å². The van der Waals surface area contributed by atoms with Crippen molar-refractivity contribution in [1.29, 1.82) is 0 Å². The van der Waals surface area contributed by atoms with Gasteiger partial charge < -0.3 is 25.2 Å². The molecule has 21 heavy (non-hydrogen) atoms. The molecular formula is C14H24N2O5. The number of nitrogens with zero attached hydrogens (tertiary/aromatic N) is 1. The number of carboxylic acids is 1. The summed E-state index contributed by atoms with van der Waals surface area (Å²) in [6, 6.07) is -0.834. The molecule has 2 aliphatic rings. The molecule has 3 N–H and O–H groups in total. The van der Waals surface area contributed by atoms with Gasteiger partial charge in [0.15, 0.2) is 0 Å². The number of hydrogen-bond donors (Lipinski definition) is 3. The monoisotopic (exact) mass is 300 g/mol. The van der Waals surface area contributed by atoms with Crippen molar-refractivity contribution in [3.8, 4) is 0 Å². The van der Waals surface area contributed by atoms with E-state index in [1.165, 1.54) is 4.90 Å². The Hall–Kier alpha value is -1.34. The summed E-state index contributed by atoms with van der Waals surface area (Å²) in [5, 5.41) is 21.6. The van der Waals surface area contributed by atoms with Crippen molar-refractivity contribution in [3.05, 3.63) is 0 Å². The van der Waals surface area contributed by atoms with E-state index in [1.807, 2.05) is 6.92 Å². The number of aliphatic hydroxyl groups excluding tert-OH is 1. The molecule has 1 aliphatic carbocycles. The number of amides is 2. The number of nitrogens with one attached hydrogen (secondary N) is 1. The number of rotatable bonds is 3. The Morgan fingerprint density at radius 3 is 2.86 bits per heavy atom. The second kappa shape index (κ2) is 6.62. The number of aliphatic carboxylic acids is 1. The minimum atomic E-state index is -1.19. The van der Waals surface area contributed by atoms with E-state index in [0.717, 1.165) is 12.8 Å². The Balaban J connectivity index is 2.09. The van der Waals surface area contributed by atoms with Crippen molar-refractivity contribution in [3.63, 3.8) is 0 Å². The highest BCUT2D eigenvalue weighted by Gasteiger charge is 2.44. The molecule has 0 aromatic carbocycles. The molecule has 2 rings (SSSR count). The van der Waals surface area contributed by atoms with Crippen molar-refractivity contribution in [2.24, 2.45) is 5.92 Å². The van der Waals surface area contributed by atoms with Gasteiger partial charge in [0, 0.05) is 6.54 Å². The number of hydrogen-bond acceptors (Lipinski definition) is 4. The zero-order chi connectivity index (χ0) is 15.5. The third-order valence-electron chi connectivity index (χ3n) is 4.45. The van der Waals surface area contributed by atoms with Crippen LogP contribution in [0.25, 0.3) is 0 Å². The molecule has 2 fully saturated rings. The number of morpholine rings is 1. The number of aliphatic hydroxyl groups is 1. The zero-order valence-corrected chi connectivity index (χ0v) is 12.4. The molecule has 3 atom stereocenters. The third kappa shape index (κ3) is 3.47. The van der Waals surface area contributed by atoms with Crippen LogP contribution in [0.2, 0.25) is 0 Å². The van der Waals surface area contributed by atoms with Crippen LogP contribution in [0.1, 0.15) is 32.6 Å². The average Bonchev–Trinajstić information content (AvgIpc) is 2.47. The minimum absolute atomic E-state index is 0.191. The SMILES string of the molecule is CC1CCCC(NC(=O)N2CCOCC2CO)(C(=O)O)C1. The molecule has 120 valence electrons. The summed E-state index contributed by atoms with van der Waals surface area (Å²) in [6.07, 6.45) is 2.68. The molecule has 2 amide bonds. The maximum Gasteiger partial charge on any atom is 0.329 e. The standard InChI is InChI=1S/C14H24N2O5/c1-10-3-2-4-14(7-10,12(18)19)15-13(20)16-5-6-21-9-11(16)8-17/h10-11,17H,2-9H2,1H3,(H,15,20)(H,18,19). The fourth-order valence-electron chi connectivity index (χ4n) is 3.26. The maximum absolute atomic E-state index is 12.4. The van der Waals surface area contributed by atoms with E-state index in [2.05, 4.69) is 5.32 Å². The van der Waals surface area contributed by atoms with E-state index in [0.29, 0.717) is 26.0 Å². The summed E-state index contributed by atoms with van der Waals surface area (Å²) >= 11 is 0. The lowest BCUT2D eigenvalue weighted by molar-refractivity contribution is -0.146. The van der Waals surface area contributed by atoms with Crippen LogP contribution in [0.15, 0.2) is 0 Å². The predicted octanol–water partition coefficient (Wildman–Crippen LogP) is 0.423. The summed E-state index contributed by atoms with van der Waals surface area (Å²) in [4.78, 5) is 25.6. The first kappa shape index (κ1) is 16.0. The lowest BCUT2D eigenvalue weighted by atomic mass is 9.76. The highest BCUT2D eigenvalue weighted by Crippen LogP contribution is 2.32. The van der Waals surface area contributed by atoms with E-state index in [9.17, 15) is 19.8 Å². The van der Waals surface area contributed by atoms with Crippen molar-refractivity contribution in [2.45, 2.75) is 44.2 Å². The summed E-state index contributed by atoms with van der Waals surface area (Å²) in [6.45, 7) is 2.86. The average molecular weight is 300 g/mol. The number of carboxylic acid groups (broad SMARTS) is 1. The first-order valence-electron chi connectivity index (χ1n) is 7.49. The van der Waals surface area contributed by atoms with Gasteiger partial charge in [-0.15, -0.1) is 0 Å². The summed E-state index contributed by atoms with van der Waals surface area (Å²) in [5.74, 6) is -0.704. The fourth-order valence-corrected chi connectivity index (χ4v) is 3.26. The van der Waals surface area contributed by atoms with Crippen molar-refractivity contribution >= 4 is 12.0 Å². The normalized spacial score (nSPS) is 33.5. The maximum atomic E-state index is 12.4. The zero-order valence-electron chi connectivity index (χ0n) is 12.4. The number of carbonyl (C=O) groups excluding carboxylic acids is 1. The molecule has 0 aromatic rings. The van der Waals surface area contributed by atoms with Crippen LogP contribution in [0.4, 0.5) is 4.79 Å². The third-order valence-corrected chi connectivity index (χ3v) is 4.45. The molecule has 0 radical (unpaired) electrons. The van der Waals surface area contributed by atoms with Crippen LogP contribution in [0.3, 0.4) is 0 Å². The van der Waals surface area contributed by atoms with Gasteiger partial charge >= 0.3 is 12.0 Å². The second-order valence-electron chi connectivity index (χ2n) is 6.12. The quantitative estimate of drug-likeness (QED) is 0.701. The first-order chi connectivity index (χ1) is 9.98.